The second kappa shape index (κ2) is 5.79. The number of piperidine rings is 1. The van der Waals surface area contributed by atoms with E-state index in [1.165, 1.54) is 25.3 Å². The number of nitrogens with zero attached hydrogens (tertiary/aromatic N) is 4. The molecule has 4 rings (SSSR count). The predicted molar refractivity (Wildman–Crippen MR) is 88.5 cm³/mol. The van der Waals surface area contributed by atoms with Crippen LogP contribution in [-0.2, 0) is 21.1 Å². The molecular formula is C16H22N4O3S. The molecule has 2 aromatic heterocycles. The molecule has 2 aliphatic rings. The largest absolute Gasteiger partial charge is 0.381 e. The van der Waals surface area contributed by atoms with Gasteiger partial charge in [-0.3, -0.25) is 4.90 Å². The number of ether oxygens (including phenoxy) is 1. The Labute approximate surface area is 141 Å². The minimum absolute atomic E-state index is 0.175. The van der Waals surface area contributed by atoms with Gasteiger partial charge in [0, 0.05) is 49.3 Å². The zero-order valence-corrected chi connectivity index (χ0v) is 14.6. The van der Waals surface area contributed by atoms with E-state index in [2.05, 4.69) is 15.0 Å². The fraction of sp³-hybridized carbons (Fsp3) is 0.625. The van der Waals surface area contributed by atoms with Crippen molar-refractivity contribution in [2.24, 2.45) is 5.41 Å². The number of rotatable bonds is 3. The second-order valence-electron chi connectivity index (χ2n) is 7.13. The van der Waals surface area contributed by atoms with Gasteiger partial charge in [-0.15, -0.1) is 0 Å². The van der Waals surface area contributed by atoms with Crippen molar-refractivity contribution in [3.63, 3.8) is 0 Å². The van der Waals surface area contributed by atoms with Crippen LogP contribution in [0.4, 0.5) is 0 Å². The molecule has 0 amide bonds. The van der Waals surface area contributed by atoms with Crippen LogP contribution in [0.1, 0.15) is 24.8 Å². The van der Waals surface area contributed by atoms with Crippen molar-refractivity contribution < 1.29 is 13.2 Å². The molecular weight excluding hydrogens is 328 g/mol. The maximum Gasteiger partial charge on any atom is 0.180 e. The summed E-state index contributed by atoms with van der Waals surface area (Å²) >= 11 is 0. The van der Waals surface area contributed by atoms with E-state index in [-0.39, 0.29) is 4.90 Å². The first kappa shape index (κ1) is 16.0. The van der Waals surface area contributed by atoms with Gasteiger partial charge in [-0.1, -0.05) is 0 Å². The van der Waals surface area contributed by atoms with Gasteiger partial charge in [-0.05, 0) is 25.8 Å². The summed E-state index contributed by atoms with van der Waals surface area (Å²) in [7, 11) is -3.31. The molecule has 1 atom stereocenters. The zero-order chi connectivity index (χ0) is 16.8. The van der Waals surface area contributed by atoms with Crippen molar-refractivity contribution in [1.29, 1.82) is 0 Å². The summed E-state index contributed by atoms with van der Waals surface area (Å²) in [5.74, 6) is 0. The first-order chi connectivity index (χ1) is 11.5. The molecule has 0 radical (unpaired) electrons. The molecule has 1 spiro atoms. The maximum absolute atomic E-state index is 11.7. The average molecular weight is 350 g/mol. The lowest BCUT2D eigenvalue weighted by atomic mass is 9.79. The molecule has 4 heterocycles. The summed E-state index contributed by atoms with van der Waals surface area (Å²) < 4.78 is 30.7. The zero-order valence-electron chi connectivity index (χ0n) is 13.8. The van der Waals surface area contributed by atoms with Gasteiger partial charge < -0.3 is 4.74 Å². The Morgan fingerprint density at radius 2 is 2.21 bits per heavy atom. The average Bonchev–Trinajstić information content (AvgIpc) is 3.13. The highest BCUT2D eigenvalue weighted by atomic mass is 32.2. The predicted octanol–water partition coefficient (Wildman–Crippen LogP) is 1.14. The fourth-order valence-electron chi connectivity index (χ4n) is 3.91. The minimum Gasteiger partial charge on any atom is -0.381 e. The third kappa shape index (κ3) is 2.94. The summed E-state index contributed by atoms with van der Waals surface area (Å²) in [4.78, 5) is 6.95. The van der Waals surface area contributed by atoms with Crippen LogP contribution in [-0.4, -0.2) is 60.5 Å². The van der Waals surface area contributed by atoms with Gasteiger partial charge in [0.25, 0.3) is 0 Å². The molecule has 2 aliphatic heterocycles. The van der Waals surface area contributed by atoms with Gasteiger partial charge in [0.2, 0.25) is 0 Å². The van der Waals surface area contributed by atoms with Crippen LogP contribution in [0.3, 0.4) is 0 Å². The smallest absolute Gasteiger partial charge is 0.180 e. The van der Waals surface area contributed by atoms with Crippen molar-refractivity contribution in [3.8, 4) is 0 Å². The van der Waals surface area contributed by atoms with Gasteiger partial charge >= 0.3 is 0 Å². The lowest BCUT2D eigenvalue weighted by Gasteiger charge is -2.39. The number of hydrogen-bond acceptors (Lipinski definition) is 6. The Bertz CT molecular complexity index is 855. The van der Waals surface area contributed by atoms with Gasteiger partial charge in [0.05, 0.1) is 12.8 Å². The second-order valence-corrected chi connectivity index (χ2v) is 9.11. The van der Waals surface area contributed by atoms with E-state index in [0.717, 1.165) is 44.8 Å². The van der Waals surface area contributed by atoms with Crippen LogP contribution in [0, 0.1) is 5.41 Å². The van der Waals surface area contributed by atoms with E-state index in [1.54, 1.807) is 10.7 Å². The van der Waals surface area contributed by atoms with Crippen LogP contribution in [0.15, 0.2) is 23.5 Å². The van der Waals surface area contributed by atoms with Gasteiger partial charge in [0.15, 0.2) is 15.5 Å². The van der Waals surface area contributed by atoms with E-state index in [4.69, 9.17) is 4.74 Å². The SMILES string of the molecule is CS(=O)(=O)c1cnn2cc(CN3CCC[C@@]4(CCOC4)C3)cnc12. The van der Waals surface area contributed by atoms with Crippen molar-refractivity contribution in [2.75, 3.05) is 32.6 Å². The van der Waals surface area contributed by atoms with E-state index >= 15 is 0 Å². The molecule has 130 valence electrons. The Kier molecular flexibility index (Phi) is 3.85. The molecule has 24 heavy (non-hydrogen) atoms. The molecule has 2 fully saturated rings. The van der Waals surface area contributed by atoms with E-state index in [9.17, 15) is 8.42 Å². The molecule has 8 heteroatoms. The summed E-state index contributed by atoms with van der Waals surface area (Å²) in [6.07, 6.45) is 9.78. The molecule has 0 aliphatic carbocycles. The van der Waals surface area contributed by atoms with Crippen LogP contribution >= 0.6 is 0 Å². The Hall–Kier alpha value is -1.51. The quantitative estimate of drug-likeness (QED) is 0.826. The van der Waals surface area contributed by atoms with Gasteiger partial charge in [-0.2, -0.15) is 5.10 Å². The van der Waals surface area contributed by atoms with E-state index < -0.39 is 9.84 Å². The van der Waals surface area contributed by atoms with Crippen molar-refractivity contribution in [2.45, 2.75) is 30.7 Å². The number of fused-ring (bicyclic) bond motifs is 1. The van der Waals surface area contributed by atoms with Crippen molar-refractivity contribution in [1.82, 2.24) is 19.5 Å². The number of likely N-dealkylation sites (tertiary alicyclic amines) is 1. The molecule has 2 aromatic rings. The normalized spacial score (nSPS) is 25.7. The minimum atomic E-state index is -3.31. The van der Waals surface area contributed by atoms with E-state index in [1.807, 2.05) is 6.20 Å². The van der Waals surface area contributed by atoms with Crippen molar-refractivity contribution >= 4 is 15.5 Å². The molecule has 2 saturated heterocycles. The monoisotopic (exact) mass is 350 g/mol. The first-order valence-corrected chi connectivity index (χ1v) is 10.2. The number of sulfone groups is 1. The summed E-state index contributed by atoms with van der Waals surface area (Å²) in [5.41, 5.74) is 1.76. The highest BCUT2D eigenvalue weighted by Gasteiger charge is 2.38. The highest BCUT2D eigenvalue weighted by Crippen LogP contribution is 2.38. The van der Waals surface area contributed by atoms with Crippen LogP contribution < -0.4 is 0 Å². The van der Waals surface area contributed by atoms with Crippen LogP contribution in [0.2, 0.25) is 0 Å². The molecule has 7 nitrogen and oxygen atoms in total. The summed E-state index contributed by atoms with van der Waals surface area (Å²) in [6, 6.07) is 0. The topological polar surface area (TPSA) is 76.8 Å². The Morgan fingerprint density at radius 3 is 2.96 bits per heavy atom. The summed E-state index contributed by atoms with van der Waals surface area (Å²) in [5, 5.41) is 4.15. The number of aromatic nitrogens is 3. The Morgan fingerprint density at radius 1 is 1.33 bits per heavy atom. The molecule has 0 saturated carbocycles. The lowest BCUT2D eigenvalue weighted by molar-refractivity contribution is 0.0644. The highest BCUT2D eigenvalue weighted by molar-refractivity contribution is 7.90. The molecule has 0 unspecified atom stereocenters. The molecule has 0 N–H and O–H groups in total. The van der Waals surface area contributed by atoms with Gasteiger partial charge in [0.1, 0.15) is 4.90 Å². The Balaban J connectivity index is 1.54. The first-order valence-electron chi connectivity index (χ1n) is 8.28. The summed E-state index contributed by atoms with van der Waals surface area (Å²) in [6.45, 7) is 4.69. The number of hydrogen-bond donors (Lipinski definition) is 0. The standard InChI is InChI=1S/C16H22N4O3S/c1-24(21,22)14-8-18-20-10-13(7-17-15(14)20)9-19-5-2-3-16(11-19)4-6-23-12-16/h7-8,10H,2-6,9,11-12H2,1H3/t16-/m1/s1. The molecule has 0 bridgehead atoms. The van der Waals surface area contributed by atoms with Crippen LogP contribution in [0.25, 0.3) is 5.65 Å². The molecule has 0 aromatic carbocycles. The lowest BCUT2D eigenvalue weighted by Crippen LogP contribution is -2.43. The third-order valence-corrected chi connectivity index (χ3v) is 6.20. The fourth-order valence-corrected chi connectivity index (χ4v) is 4.63. The van der Waals surface area contributed by atoms with E-state index in [0.29, 0.717) is 11.1 Å². The van der Waals surface area contributed by atoms with Crippen molar-refractivity contribution in [3.05, 3.63) is 24.2 Å². The third-order valence-electron chi connectivity index (χ3n) is 5.11. The van der Waals surface area contributed by atoms with Crippen LogP contribution in [0.5, 0.6) is 0 Å². The maximum atomic E-state index is 11.7. The van der Waals surface area contributed by atoms with Gasteiger partial charge in [-0.25, -0.2) is 17.9 Å².